The molecule has 2 heterocycles. The average Bonchev–Trinajstić information content (AvgIpc) is 2.78. The summed E-state index contributed by atoms with van der Waals surface area (Å²) in [6.07, 6.45) is -0.603. The molecule has 0 spiro atoms. The molecule has 4 rings (SSSR count). The molecule has 0 bridgehead atoms. The van der Waals surface area contributed by atoms with Gasteiger partial charge in [0.25, 0.3) is 5.56 Å². The molecule has 0 aliphatic heterocycles. The molecule has 0 aliphatic carbocycles. The zero-order valence-corrected chi connectivity index (χ0v) is 17.2. The molecule has 2 aromatic carbocycles. The lowest BCUT2D eigenvalue weighted by Gasteiger charge is -2.18. The first kappa shape index (κ1) is 20.3. The number of hydrogen-bond donors (Lipinski definition) is 1. The van der Waals surface area contributed by atoms with E-state index in [1.54, 1.807) is 42.5 Å². The molecule has 0 atom stereocenters. The van der Waals surface area contributed by atoms with Crippen LogP contribution >= 0.6 is 0 Å². The number of nitrogens with one attached hydrogen (secondary N) is 1. The molecular formula is C24H21N3O4. The number of rotatable bonds is 5. The monoisotopic (exact) mass is 415 g/mol. The van der Waals surface area contributed by atoms with Crippen molar-refractivity contribution in [3.05, 3.63) is 82.1 Å². The van der Waals surface area contributed by atoms with Crippen molar-refractivity contribution in [1.29, 1.82) is 0 Å². The number of ether oxygens (including phenoxy) is 1. The molecule has 0 saturated heterocycles. The zero-order chi connectivity index (χ0) is 22.0. The number of pyridine rings is 2. The molecule has 1 N–H and O–H groups in total. The maximum Gasteiger partial charge on any atom is 0.416 e. The summed E-state index contributed by atoms with van der Waals surface area (Å²) in [6.45, 7) is 4.58. The van der Waals surface area contributed by atoms with E-state index in [9.17, 15) is 14.4 Å². The molecule has 0 fully saturated rings. The topological polar surface area (TPSA) is 92.4 Å². The van der Waals surface area contributed by atoms with Crippen molar-refractivity contribution in [2.75, 3.05) is 13.1 Å². The van der Waals surface area contributed by atoms with Gasteiger partial charge in [0.1, 0.15) is 0 Å². The van der Waals surface area contributed by atoms with Gasteiger partial charge in [0, 0.05) is 24.0 Å². The number of carbonyl (C=O) groups excluding carboxylic acids is 2. The summed E-state index contributed by atoms with van der Waals surface area (Å²) in [6, 6.07) is 17.5. The molecule has 4 aromatic rings. The highest BCUT2D eigenvalue weighted by Crippen LogP contribution is 2.25. The molecule has 1 amide bonds. The fourth-order valence-electron chi connectivity index (χ4n) is 3.43. The van der Waals surface area contributed by atoms with Gasteiger partial charge in [0.15, 0.2) is 0 Å². The normalized spacial score (nSPS) is 10.9. The molecule has 31 heavy (non-hydrogen) atoms. The Kier molecular flexibility index (Phi) is 5.49. The molecular weight excluding hydrogens is 394 g/mol. The molecule has 7 heteroatoms. The SMILES string of the molecule is CCN(CC)C(=O)Oc1nc2ccccc2cc1C(=O)c1cc2ccccc2[nH]c1=O. The maximum atomic E-state index is 13.4. The average molecular weight is 415 g/mol. The van der Waals surface area contributed by atoms with Crippen LogP contribution < -0.4 is 10.3 Å². The summed E-state index contributed by atoms with van der Waals surface area (Å²) in [4.78, 5) is 47.2. The van der Waals surface area contributed by atoms with Crippen LogP contribution in [0, 0.1) is 0 Å². The van der Waals surface area contributed by atoms with Crippen LogP contribution in [0.5, 0.6) is 5.88 Å². The Morgan fingerprint density at radius 1 is 0.935 bits per heavy atom. The lowest BCUT2D eigenvalue weighted by atomic mass is 10.0. The minimum absolute atomic E-state index is 0.0454. The molecule has 0 radical (unpaired) electrons. The predicted octanol–water partition coefficient (Wildman–Crippen LogP) is 4.15. The number of para-hydroxylation sites is 2. The summed E-state index contributed by atoms with van der Waals surface area (Å²) in [5, 5.41) is 1.42. The molecule has 0 saturated carbocycles. The Bertz CT molecular complexity index is 1360. The number of ketones is 1. The van der Waals surface area contributed by atoms with Crippen LogP contribution in [0.4, 0.5) is 4.79 Å². The van der Waals surface area contributed by atoms with Gasteiger partial charge < -0.3 is 14.6 Å². The van der Waals surface area contributed by atoms with E-state index in [0.717, 1.165) is 5.39 Å². The third kappa shape index (κ3) is 3.90. The lowest BCUT2D eigenvalue weighted by molar-refractivity contribution is 0.103. The van der Waals surface area contributed by atoms with E-state index in [1.807, 2.05) is 32.0 Å². The van der Waals surface area contributed by atoms with Gasteiger partial charge in [-0.1, -0.05) is 36.4 Å². The molecule has 2 aromatic heterocycles. The van der Waals surface area contributed by atoms with Gasteiger partial charge in [-0.15, -0.1) is 0 Å². The Morgan fingerprint density at radius 3 is 2.32 bits per heavy atom. The van der Waals surface area contributed by atoms with Crippen molar-refractivity contribution in [2.24, 2.45) is 0 Å². The predicted molar refractivity (Wildman–Crippen MR) is 119 cm³/mol. The third-order valence-electron chi connectivity index (χ3n) is 5.14. The second-order valence-electron chi connectivity index (χ2n) is 7.00. The van der Waals surface area contributed by atoms with Crippen molar-refractivity contribution in [2.45, 2.75) is 13.8 Å². The van der Waals surface area contributed by atoms with Crippen molar-refractivity contribution in [3.63, 3.8) is 0 Å². The van der Waals surface area contributed by atoms with Gasteiger partial charge in [0.2, 0.25) is 11.7 Å². The van der Waals surface area contributed by atoms with Gasteiger partial charge in [-0.05, 0) is 43.5 Å². The summed E-state index contributed by atoms with van der Waals surface area (Å²) in [7, 11) is 0. The third-order valence-corrected chi connectivity index (χ3v) is 5.14. The Balaban J connectivity index is 1.85. The van der Waals surface area contributed by atoms with E-state index in [-0.39, 0.29) is 17.0 Å². The van der Waals surface area contributed by atoms with Crippen LogP contribution in [0.15, 0.2) is 65.5 Å². The number of aromatic amines is 1. The highest BCUT2D eigenvalue weighted by molar-refractivity contribution is 6.13. The first-order valence-corrected chi connectivity index (χ1v) is 10.0. The standard InChI is InChI=1S/C24H21N3O4/c1-3-27(4-2)24(30)31-23-18(14-16-10-6-8-12-20(16)26-23)21(28)17-13-15-9-5-7-11-19(15)25-22(17)29/h5-14H,3-4H2,1-2H3,(H,25,29). The second kappa shape index (κ2) is 8.39. The molecule has 156 valence electrons. The van der Waals surface area contributed by atoms with Gasteiger partial charge in [-0.25, -0.2) is 9.78 Å². The number of amides is 1. The number of nitrogens with zero attached hydrogens (tertiary/aromatic N) is 2. The van der Waals surface area contributed by atoms with E-state index in [0.29, 0.717) is 29.5 Å². The van der Waals surface area contributed by atoms with Crippen molar-refractivity contribution in [3.8, 4) is 5.88 Å². The number of carbonyl (C=O) groups is 2. The quantitative estimate of drug-likeness (QED) is 0.495. The van der Waals surface area contributed by atoms with Gasteiger partial charge >= 0.3 is 6.09 Å². The Labute approximate surface area is 178 Å². The van der Waals surface area contributed by atoms with Crippen LogP contribution in [0.25, 0.3) is 21.8 Å². The maximum absolute atomic E-state index is 13.4. The van der Waals surface area contributed by atoms with E-state index in [1.165, 1.54) is 4.90 Å². The minimum atomic E-state index is -0.603. The van der Waals surface area contributed by atoms with E-state index in [4.69, 9.17) is 4.74 Å². The Hall–Kier alpha value is -4.00. The second-order valence-corrected chi connectivity index (χ2v) is 7.00. The summed E-state index contributed by atoms with van der Waals surface area (Å²) >= 11 is 0. The number of aromatic nitrogens is 2. The van der Waals surface area contributed by atoms with Crippen LogP contribution in [-0.4, -0.2) is 39.8 Å². The van der Waals surface area contributed by atoms with Crippen LogP contribution in [0.1, 0.15) is 29.8 Å². The van der Waals surface area contributed by atoms with Gasteiger partial charge in [-0.3, -0.25) is 9.59 Å². The smallest absolute Gasteiger partial charge is 0.390 e. The highest BCUT2D eigenvalue weighted by Gasteiger charge is 2.23. The summed E-state index contributed by atoms with van der Waals surface area (Å²) < 4.78 is 5.51. The van der Waals surface area contributed by atoms with Gasteiger partial charge in [0.05, 0.1) is 16.6 Å². The number of fused-ring (bicyclic) bond motifs is 2. The molecule has 7 nitrogen and oxygen atoms in total. The number of benzene rings is 2. The van der Waals surface area contributed by atoms with Crippen molar-refractivity contribution >= 4 is 33.7 Å². The number of hydrogen-bond acceptors (Lipinski definition) is 5. The van der Waals surface area contributed by atoms with Crippen LogP contribution in [-0.2, 0) is 0 Å². The molecule has 0 unspecified atom stereocenters. The highest BCUT2D eigenvalue weighted by atomic mass is 16.6. The van der Waals surface area contributed by atoms with Crippen molar-refractivity contribution < 1.29 is 14.3 Å². The Morgan fingerprint density at radius 2 is 1.58 bits per heavy atom. The minimum Gasteiger partial charge on any atom is -0.390 e. The van der Waals surface area contributed by atoms with Crippen LogP contribution in [0.3, 0.4) is 0 Å². The van der Waals surface area contributed by atoms with Crippen molar-refractivity contribution in [1.82, 2.24) is 14.9 Å². The molecule has 0 aliphatic rings. The number of H-pyrrole nitrogens is 1. The van der Waals surface area contributed by atoms with E-state index in [2.05, 4.69) is 9.97 Å². The summed E-state index contributed by atoms with van der Waals surface area (Å²) in [5.41, 5.74) is 0.705. The van der Waals surface area contributed by atoms with Crippen LogP contribution in [0.2, 0.25) is 0 Å². The van der Waals surface area contributed by atoms with E-state index < -0.39 is 17.4 Å². The lowest BCUT2D eigenvalue weighted by Crippen LogP contribution is -2.33. The fourth-order valence-corrected chi connectivity index (χ4v) is 3.43. The summed E-state index contributed by atoms with van der Waals surface area (Å²) in [5.74, 6) is -0.680. The first-order chi connectivity index (χ1) is 15.0. The fraction of sp³-hybridized carbons (Fsp3) is 0.167. The zero-order valence-electron chi connectivity index (χ0n) is 17.2. The van der Waals surface area contributed by atoms with E-state index >= 15 is 0 Å². The first-order valence-electron chi connectivity index (χ1n) is 10.0. The largest absolute Gasteiger partial charge is 0.416 e. The van der Waals surface area contributed by atoms with Gasteiger partial charge in [-0.2, -0.15) is 0 Å².